The third kappa shape index (κ3) is 4.02. The van der Waals surface area contributed by atoms with Gasteiger partial charge in [-0.05, 0) is 57.7 Å². The SMILES string of the molecule is CCCC1CCC(NC)C(Sc2ccc(C)cc2C)C1. The van der Waals surface area contributed by atoms with Gasteiger partial charge in [-0.15, -0.1) is 11.8 Å². The van der Waals surface area contributed by atoms with Gasteiger partial charge in [0.25, 0.3) is 0 Å². The molecule has 20 heavy (non-hydrogen) atoms. The fourth-order valence-corrected chi connectivity index (χ4v) is 4.96. The van der Waals surface area contributed by atoms with Crippen molar-refractivity contribution in [2.75, 3.05) is 7.05 Å². The molecule has 2 rings (SSSR count). The van der Waals surface area contributed by atoms with Gasteiger partial charge in [-0.25, -0.2) is 0 Å². The number of aryl methyl sites for hydroxylation is 2. The van der Waals surface area contributed by atoms with Gasteiger partial charge >= 0.3 is 0 Å². The summed E-state index contributed by atoms with van der Waals surface area (Å²) in [6, 6.07) is 7.54. The summed E-state index contributed by atoms with van der Waals surface area (Å²) in [6.45, 7) is 6.74. The molecule has 0 spiro atoms. The summed E-state index contributed by atoms with van der Waals surface area (Å²) in [5, 5.41) is 4.28. The van der Waals surface area contributed by atoms with E-state index >= 15 is 0 Å². The van der Waals surface area contributed by atoms with Crippen LogP contribution in [0.1, 0.15) is 50.2 Å². The molecule has 0 heterocycles. The topological polar surface area (TPSA) is 12.0 Å². The molecule has 1 aromatic carbocycles. The summed E-state index contributed by atoms with van der Waals surface area (Å²) in [7, 11) is 2.13. The zero-order chi connectivity index (χ0) is 14.5. The van der Waals surface area contributed by atoms with Gasteiger partial charge in [0.15, 0.2) is 0 Å². The highest BCUT2D eigenvalue weighted by Gasteiger charge is 2.30. The minimum Gasteiger partial charge on any atom is -0.316 e. The average molecular weight is 292 g/mol. The number of nitrogens with one attached hydrogen (secondary N) is 1. The van der Waals surface area contributed by atoms with Gasteiger partial charge in [0.05, 0.1) is 0 Å². The normalized spacial score (nSPS) is 26.7. The van der Waals surface area contributed by atoms with E-state index in [-0.39, 0.29) is 0 Å². The van der Waals surface area contributed by atoms with Crippen LogP contribution in [-0.2, 0) is 0 Å². The van der Waals surface area contributed by atoms with Crippen molar-refractivity contribution < 1.29 is 0 Å². The van der Waals surface area contributed by atoms with Crippen LogP contribution in [0.25, 0.3) is 0 Å². The molecule has 0 aromatic heterocycles. The zero-order valence-corrected chi connectivity index (χ0v) is 14.2. The van der Waals surface area contributed by atoms with Crippen molar-refractivity contribution in [1.82, 2.24) is 5.32 Å². The van der Waals surface area contributed by atoms with Gasteiger partial charge in [0, 0.05) is 16.2 Å². The monoisotopic (exact) mass is 291 g/mol. The fraction of sp³-hybridized carbons (Fsp3) is 0.667. The van der Waals surface area contributed by atoms with Crippen molar-refractivity contribution in [3.05, 3.63) is 29.3 Å². The number of benzene rings is 1. The van der Waals surface area contributed by atoms with Crippen molar-refractivity contribution in [3.63, 3.8) is 0 Å². The lowest BCUT2D eigenvalue weighted by molar-refractivity contribution is 0.295. The van der Waals surface area contributed by atoms with Gasteiger partial charge in [0.1, 0.15) is 0 Å². The highest BCUT2D eigenvalue weighted by Crippen LogP contribution is 2.39. The molecule has 0 bridgehead atoms. The lowest BCUT2D eigenvalue weighted by Gasteiger charge is -2.36. The second kappa shape index (κ2) is 7.51. The van der Waals surface area contributed by atoms with Crippen LogP contribution in [-0.4, -0.2) is 18.3 Å². The van der Waals surface area contributed by atoms with Crippen LogP contribution in [0.3, 0.4) is 0 Å². The standard InChI is InChI=1S/C18H29NS/c1-5-6-15-8-9-16(19-4)18(12-15)20-17-10-7-13(2)11-14(17)3/h7,10-11,15-16,18-19H,5-6,8-9,12H2,1-4H3. The van der Waals surface area contributed by atoms with E-state index < -0.39 is 0 Å². The molecule has 0 saturated heterocycles. The van der Waals surface area contributed by atoms with E-state index in [1.165, 1.54) is 48.1 Å². The maximum atomic E-state index is 3.55. The summed E-state index contributed by atoms with van der Waals surface area (Å²) in [5.41, 5.74) is 2.80. The Morgan fingerprint density at radius 2 is 2.05 bits per heavy atom. The Bertz CT molecular complexity index is 429. The molecule has 1 aliphatic rings. The molecule has 1 nitrogen and oxygen atoms in total. The first kappa shape index (κ1) is 15.9. The molecule has 1 saturated carbocycles. The summed E-state index contributed by atoms with van der Waals surface area (Å²) in [5.74, 6) is 0.938. The van der Waals surface area contributed by atoms with E-state index in [0.29, 0.717) is 6.04 Å². The van der Waals surface area contributed by atoms with Crippen molar-refractivity contribution in [2.24, 2.45) is 5.92 Å². The van der Waals surface area contributed by atoms with Gasteiger partial charge < -0.3 is 5.32 Å². The number of thioether (sulfide) groups is 1. The highest BCUT2D eigenvalue weighted by atomic mass is 32.2. The maximum absolute atomic E-state index is 3.55. The van der Waals surface area contributed by atoms with Crippen molar-refractivity contribution in [2.45, 2.75) is 69.1 Å². The van der Waals surface area contributed by atoms with Crippen LogP contribution in [0, 0.1) is 19.8 Å². The van der Waals surface area contributed by atoms with Gasteiger partial charge in [0.2, 0.25) is 0 Å². The lowest BCUT2D eigenvalue weighted by atomic mass is 9.83. The van der Waals surface area contributed by atoms with Crippen LogP contribution in [0.5, 0.6) is 0 Å². The first-order valence-electron chi connectivity index (χ1n) is 8.05. The molecular formula is C18H29NS. The Morgan fingerprint density at radius 1 is 1.25 bits per heavy atom. The lowest BCUT2D eigenvalue weighted by Crippen LogP contribution is -2.40. The van der Waals surface area contributed by atoms with Crippen LogP contribution in [0.4, 0.5) is 0 Å². The molecule has 3 unspecified atom stereocenters. The van der Waals surface area contributed by atoms with E-state index in [0.717, 1.165) is 11.2 Å². The molecule has 3 atom stereocenters. The van der Waals surface area contributed by atoms with Crippen LogP contribution < -0.4 is 5.32 Å². The largest absolute Gasteiger partial charge is 0.316 e. The summed E-state index contributed by atoms with van der Waals surface area (Å²) in [4.78, 5) is 1.47. The maximum Gasteiger partial charge on any atom is 0.0251 e. The van der Waals surface area contributed by atoms with Crippen LogP contribution >= 0.6 is 11.8 Å². The molecule has 1 N–H and O–H groups in total. The minimum absolute atomic E-state index is 0.675. The average Bonchev–Trinajstić information content (AvgIpc) is 2.43. The van der Waals surface area contributed by atoms with Crippen LogP contribution in [0.2, 0.25) is 0 Å². The second-order valence-electron chi connectivity index (χ2n) is 6.29. The Morgan fingerprint density at radius 3 is 2.70 bits per heavy atom. The van der Waals surface area contributed by atoms with E-state index in [4.69, 9.17) is 0 Å². The van der Waals surface area contributed by atoms with E-state index in [1.54, 1.807) is 0 Å². The third-order valence-electron chi connectivity index (χ3n) is 4.58. The third-order valence-corrected chi connectivity index (χ3v) is 6.11. The molecule has 1 fully saturated rings. The van der Waals surface area contributed by atoms with Gasteiger partial charge in [-0.3, -0.25) is 0 Å². The predicted molar refractivity (Wildman–Crippen MR) is 90.7 cm³/mol. The molecule has 2 heteroatoms. The summed E-state index contributed by atoms with van der Waals surface area (Å²) < 4.78 is 0. The fourth-order valence-electron chi connectivity index (χ4n) is 3.44. The van der Waals surface area contributed by atoms with Gasteiger partial charge in [-0.2, -0.15) is 0 Å². The minimum atomic E-state index is 0.675. The van der Waals surface area contributed by atoms with E-state index in [9.17, 15) is 0 Å². The predicted octanol–water partition coefficient (Wildman–Crippen LogP) is 4.95. The molecule has 112 valence electrons. The molecule has 1 aromatic rings. The Labute approximate surface area is 128 Å². The first-order valence-corrected chi connectivity index (χ1v) is 8.93. The summed E-state index contributed by atoms with van der Waals surface area (Å²) in [6.07, 6.45) is 6.85. The zero-order valence-electron chi connectivity index (χ0n) is 13.4. The van der Waals surface area contributed by atoms with Crippen molar-refractivity contribution in [1.29, 1.82) is 0 Å². The molecule has 0 radical (unpaired) electrons. The first-order chi connectivity index (χ1) is 9.63. The Balaban J connectivity index is 2.07. The second-order valence-corrected chi connectivity index (χ2v) is 7.57. The number of hydrogen-bond donors (Lipinski definition) is 1. The van der Waals surface area contributed by atoms with E-state index in [1.807, 2.05) is 0 Å². The summed E-state index contributed by atoms with van der Waals surface area (Å²) >= 11 is 2.10. The molecule has 0 aliphatic heterocycles. The Kier molecular flexibility index (Phi) is 5.98. The smallest absolute Gasteiger partial charge is 0.0251 e. The quantitative estimate of drug-likeness (QED) is 0.823. The van der Waals surface area contributed by atoms with Crippen LogP contribution in [0.15, 0.2) is 23.1 Å². The molecule has 1 aliphatic carbocycles. The van der Waals surface area contributed by atoms with Crippen molar-refractivity contribution in [3.8, 4) is 0 Å². The number of rotatable bonds is 5. The molecular weight excluding hydrogens is 262 g/mol. The van der Waals surface area contributed by atoms with Crippen molar-refractivity contribution >= 4 is 11.8 Å². The number of hydrogen-bond acceptors (Lipinski definition) is 2. The van der Waals surface area contributed by atoms with Gasteiger partial charge in [-0.1, -0.05) is 37.5 Å². The Hall–Kier alpha value is -0.470. The molecule has 0 amide bonds. The highest BCUT2D eigenvalue weighted by molar-refractivity contribution is 8.00. The van der Waals surface area contributed by atoms with E-state index in [2.05, 4.69) is 63.1 Å².